The molecule has 6 heteroatoms. The maximum absolute atomic E-state index is 11.3. The van der Waals surface area contributed by atoms with Crippen molar-refractivity contribution >= 4 is 22.4 Å². The number of carbonyl (C=O) groups excluding carboxylic acids is 1. The van der Waals surface area contributed by atoms with Gasteiger partial charge in [0.2, 0.25) is 0 Å². The van der Waals surface area contributed by atoms with Crippen molar-refractivity contribution in [2.45, 2.75) is 32.7 Å². The molecule has 0 saturated heterocycles. The van der Waals surface area contributed by atoms with E-state index in [0.717, 1.165) is 17.4 Å². The fourth-order valence-electron chi connectivity index (χ4n) is 1.28. The normalized spacial score (nSPS) is 11.7. The molecule has 1 aromatic rings. The Kier molecular flexibility index (Phi) is 5.75. The summed E-state index contributed by atoms with van der Waals surface area (Å²) in [5.41, 5.74) is 0.807. The minimum absolute atomic E-state index is 0.0486. The van der Waals surface area contributed by atoms with Gasteiger partial charge in [-0.25, -0.2) is 4.98 Å². The Morgan fingerprint density at radius 2 is 2.21 bits per heavy atom. The van der Waals surface area contributed by atoms with E-state index in [1.165, 1.54) is 11.3 Å². The smallest absolute Gasteiger partial charge is 0.311 e. The van der Waals surface area contributed by atoms with Crippen molar-refractivity contribution in [2.24, 2.45) is 0 Å². The van der Waals surface area contributed by atoms with Crippen LogP contribution >= 0.6 is 11.3 Å². The van der Waals surface area contributed by atoms with Gasteiger partial charge in [-0.1, -0.05) is 0 Å². The van der Waals surface area contributed by atoms with Gasteiger partial charge in [0.05, 0.1) is 18.7 Å². The standard InChI is InChI=1S/C13H23N3O2S/c1-6-18-11(17)7-10-8-19-12(15-10)14-9-13(2,3)16(4)5/h8H,6-7,9H2,1-5H3,(H,14,15). The van der Waals surface area contributed by atoms with E-state index >= 15 is 0 Å². The highest BCUT2D eigenvalue weighted by Gasteiger charge is 2.20. The third kappa shape index (κ3) is 5.16. The number of hydrogen-bond acceptors (Lipinski definition) is 6. The predicted molar refractivity (Wildman–Crippen MR) is 78.7 cm³/mol. The zero-order valence-corrected chi connectivity index (χ0v) is 13.1. The Morgan fingerprint density at radius 3 is 2.79 bits per heavy atom. The average molecular weight is 285 g/mol. The highest BCUT2D eigenvalue weighted by atomic mass is 32.1. The molecule has 0 aliphatic heterocycles. The molecule has 0 atom stereocenters. The summed E-state index contributed by atoms with van der Waals surface area (Å²) in [5, 5.41) is 6.04. The zero-order chi connectivity index (χ0) is 14.5. The van der Waals surface area contributed by atoms with Crippen LogP contribution < -0.4 is 5.32 Å². The summed E-state index contributed by atoms with van der Waals surface area (Å²) in [6, 6.07) is 0. The molecule has 1 heterocycles. The number of esters is 1. The molecule has 0 fully saturated rings. The highest BCUT2D eigenvalue weighted by Crippen LogP contribution is 2.18. The number of rotatable bonds is 7. The van der Waals surface area contributed by atoms with E-state index in [-0.39, 0.29) is 17.9 Å². The van der Waals surface area contributed by atoms with Gasteiger partial charge in [0.15, 0.2) is 5.13 Å². The second kappa shape index (κ2) is 6.86. The van der Waals surface area contributed by atoms with E-state index in [4.69, 9.17) is 4.74 Å². The quantitative estimate of drug-likeness (QED) is 0.777. The molecule has 0 saturated carbocycles. The van der Waals surface area contributed by atoms with Crippen LogP contribution in [0.3, 0.4) is 0 Å². The van der Waals surface area contributed by atoms with Gasteiger partial charge in [-0.15, -0.1) is 11.3 Å². The van der Waals surface area contributed by atoms with Crippen molar-refractivity contribution in [3.63, 3.8) is 0 Å². The van der Waals surface area contributed by atoms with E-state index < -0.39 is 0 Å². The third-order valence-corrected chi connectivity index (χ3v) is 3.91. The SMILES string of the molecule is CCOC(=O)Cc1csc(NCC(C)(C)N(C)C)n1. The average Bonchev–Trinajstić information content (AvgIpc) is 2.74. The molecule has 0 unspecified atom stereocenters. The van der Waals surface area contributed by atoms with Crippen molar-refractivity contribution in [1.82, 2.24) is 9.88 Å². The van der Waals surface area contributed by atoms with Crippen LogP contribution in [-0.4, -0.2) is 48.6 Å². The molecular formula is C13H23N3O2S. The Labute approximate surface area is 119 Å². The van der Waals surface area contributed by atoms with Gasteiger partial charge in [0, 0.05) is 17.5 Å². The molecule has 0 aliphatic carbocycles. The first-order valence-corrected chi connectivity index (χ1v) is 7.24. The summed E-state index contributed by atoms with van der Waals surface area (Å²) < 4.78 is 4.90. The van der Waals surface area contributed by atoms with Crippen molar-refractivity contribution in [1.29, 1.82) is 0 Å². The minimum atomic E-state index is -0.229. The number of anilines is 1. The van der Waals surface area contributed by atoms with Crippen LogP contribution in [0, 0.1) is 0 Å². The maximum Gasteiger partial charge on any atom is 0.311 e. The Balaban J connectivity index is 2.49. The second-order valence-corrected chi connectivity index (χ2v) is 6.04. The molecule has 1 rings (SSSR count). The van der Waals surface area contributed by atoms with E-state index in [1.54, 1.807) is 6.92 Å². The van der Waals surface area contributed by atoms with Crippen LogP contribution in [0.2, 0.25) is 0 Å². The summed E-state index contributed by atoms with van der Waals surface area (Å²) in [6.07, 6.45) is 0.239. The molecule has 1 aromatic heterocycles. The lowest BCUT2D eigenvalue weighted by molar-refractivity contribution is -0.142. The van der Waals surface area contributed by atoms with Crippen molar-refractivity contribution in [3.05, 3.63) is 11.1 Å². The molecule has 0 spiro atoms. The summed E-state index contributed by atoms with van der Waals surface area (Å²) in [7, 11) is 4.10. The summed E-state index contributed by atoms with van der Waals surface area (Å²) in [5.74, 6) is -0.229. The number of nitrogens with zero attached hydrogens (tertiary/aromatic N) is 2. The number of aromatic nitrogens is 1. The monoisotopic (exact) mass is 285 g/mol. The van der Waals surface area contributed by atoms with Gasteiger partial charge >= 0.3 is 5.97 Å². The van der Waals surface area contributed by atoms with Crippen LogP contribution in [-0.2, 0) is 16.0 Å². The van der Waals surface area contributed by atoms with Crippen molar-refractivity contribution < 1.29 is 9.53 Å². The Hall–Kier alpha value is -1.14. The van der Waals surface area contributed by atoms with Gasteiger partial charge in [-0.3, -0.25) is 4.79 Å². The highest BCUT2D eigenvalue weighted by molar-refractivity contribution is 7.13. The van der Waals surface area contributed by atoms with Crippen LogP contribution in [0.1, 0.15) is 26.5 Å². The van der Waals surface area contributed by atoms with Gasteiger partial charge in [0.25, 0.3) is 0 Å². The van der Waals surface area contributed by atoms with E-state index in [2.05, 4.69) is 43.1 Å². The lowest BCUT2D eigenvalue weighted by atomic mass is 10.1. The summed E-state index contributed by atoms with van der Waals surface area (Å²) in [6.45, 7) is 7.33. The van der Waals surface area contributed by atoms with E-state index in [0.29, 0.717) is 6.61 Å². The fourth-order valence-corrected chi connectivity index (χ4v) is 1.99. The minimum Gasteiger partial charge on any atom is -0.466 e. The van der Waals surface area contributed by atoms with Crippen LogP contribution in [0.25, 0.3) is 0 Å². The fraction of sp³-hybridized carbons (Fsp3) is 0.692. The Morgan fingerprint density at radius 1 is 1.53 bits per heavy atom. The maximum atomic E-state index is 11.3. The van der Waals surface area contributed by atoms with Gasteiger partial charge in [-0.2, -0.15) is 0 Å². The number of hydrogen-bond donors (Lipinski definition) is 1. The largest absolute Gasteiger partial charge is 0.466 e. The zero-order valence-electron chi connectivity index (χ0n) is 12.3. The number of carbonyl (C=O) groups is 1. The third-order valence-electron chi connectivity index (χ3n) is 3.07. The lowest BCUT2D eigenvalue weighted by Gasteiger charge is -2.32. The number of thiazole rings is 1. The predicted octanol–water partition coefficient (Wildman–Crippen LogP) is 2.00. The molecule has 1 N–H and O–H groups in total. The van der Waals surface area contributed by atoms with Crippen LogP contribution in [0.4, 0.5) is 5.13 Å². The molecule has 0 amide bonds. The molecule has 0 radical (unpaired) electrons. The first kappa shape index (κ1) is 15.9. The van der Waals surface area contributed by atoms with Gasteiger partial charge in [-0.05, 0) is 34.9 Å². The molecule has 5 nitrogen and oxygen atoms in total. The number of ether oxygens (including phenoxy) is 1. The second-order valence-electron chi connectivity index (χ2n) is 5.19. The van der Waals surface area contributed by atoms with Gasteiger partial charge in [0.1, 0.15) is 0 Å². The van der Waals surface area contributed by atoms with Crippen LogP contribution in [0.15, 0.2) is 5.38 Å². The first-order valence-electron chi connectivity index (χ1n) is 6.36. The van der Waals surface area contributed by atoms with Gasteiger partial charge < -0.3 is 15.0 Å². The lowest BCUT2D eigenvalue weighted by Crippen LogP contribution is -2.44. The Bertz CT molecular complexity index is 416. The molecule has 0 aromatic carbocycles. The number of nitrogens with one attached hydrogen (secondary N) is 1. The molecule has 0 bridgehead atoms. The molecule has 108 valence electrons. The molecule has 19 heavy (non-hydrogen) atoms. The van der Waals surface area contributed by atoms with E-state index in [1.807, 2.05) is 5.38 Å². The number of likely N-dealkylation sites (N-methyl/N-ethyl adjacent to an activating group) is 1. The van der Waals surface area contributed by atoms with Crippen molar-refractivity contribution in [3.8, 4) is 0 Å². The van der Waals surface area contributed by atoms with E-state index in [9.17, 15) is 4.79 Å². The molecule has 0 aliphatic rings. The summed E-state index contributed by atoms with van der Waals surface area (Å²) >= 11 is 1.51. The first-order chi connectivity index (χ1) is 8.85. The topological polar surface area (TPSA) is 54.5 Å². The summed E-state index contributed by atoms with van der Waals surface area (Å²) in [4.78, 5) is 17.9. The van der Waals surface area contributed by atoms with Crippen molar-refractivity contribution in [2.75, 3.05) is 32.6 Å². The van der Waals surface area contributed by atoms with Crippen LogP contribution in [0.5, 0.6) is 0 Å². The molecular weight excluding hydrogens is 262 g/mol.